The number of aryl methyl sites for hydroxylation is 1. The van der Waals surface area contributed by atoms with Gasteiger partial charge < -0.3 is 33.2 Å². The summed E-state index contributed by atoms with van der Waals surface area (Å²) in [5, 5.41) is 18.1. The molecule has 0 N–H and O–H groups in total. The second-order valence-corrected chi connectivity index (χ2v) is 15.5. The molecule has 0 atom stereocenters. The lowest BCUT2D eigenvalue weighted by Gasteiger charge is -2.07. The summed E-state index contributed by atoms with van der Waals surface area (Å²) in [6.07, 6.45) is 4.16. The van der Waals surface area contributed by atoms with Crippen LogP contribution in [0.4, 0.5) is 5.69 Å². The number of ether oxygens (including phenoxy) is 7. The minimum Gasteiger partial charge on any atom is -0.462 e. The van der Waals surface area contributed by atoms with E-state index in [1.54, 1.807) is 137 Å². The van der Waals surface area contributed by atoms with Crippen LogP contribution in [0.1, 0.15) is 81.0 Å². The Bertz CT molecular complexity index is 3270. The van der Waals surface area contributed by atoms with Crippen LogP contribution in [0.15, 0.2) is 168 Å². The first-order valence-electron chi connectivity index (χ1n) is 23.8. The number of hydrogen-bond acceptors (Lipinski definition) is 16. The molecular formula is C61H51N3O14. The Morgan fingerprint density at radius 3 is 1.28 bits per heavy atom. The number of carbonyl (C=O) groups excluding carboxylic acids is 7. The number of nitriles is 2. The van der Waals surface area contributed by atoms with E-state index in [1.807, 2.05) is 25.1 Å². The first kappa shape index (κ1) is 59.9. The van der Waals surface area contributed by atoms with Gasteiger partial charge in [-0.15, -0.1) is 0 Å². The lowest BCUT2D eigenvalue weighted by Crippen LogP contribution is -2.18. The Kier molecular flexibility index (Phi) is 24.4. The van der Waals surface area contributed by atoms with E-state index in [9.17, 15) is 33.6 Å². The van der Waals surface area contributed by atoms with Crippen molar-refractivity contribution in [2.45, 2.75) is 34.6 Å². The van der Waals surface area contributed by atoms with Crippen molar-refractivity contribution in [1.82, 2.24) is 0 Å². The third kappa shape index (κ3) is 19.6. The number of nitrogens with zero attached hydrogens (tertiary/aromatic N) is 3. The zero-order valence-electron chi connectivity index (χ0n) is 43.1. The maximum absolute atomic E-state index is 12.2. The molecule has 6 rings (SSSR count). The highest BCUT2D eigenvalue weighted by atomic mass is 16.6. The third-order valence-corrected chi connectivity index (χ3v) is 9.93. The molecule has 0 amide bonds. The van der Waals surface area contributed by atoms with E-state index in [0.29, 0.717) is 50.6 Å². The number of hydrogen-bond donors (Lipinski definition) is 0. The van der Waals surface area contributed by atoms with Crippen LogP contribution in [0.5, 0.6) is 17.2 Å². The molecule has 6 aromatic rings. The molecule has 0 aliphatic heterocycles. The summed E-state index contributed by atoms with van der Waals surface area (Å²) in [5.41, 5.74) is 3.96. The van der Waals surface area contributed by atoms with Gasteiger partial charge in [-0.1, -0.05) is 96.6 Å². The molecule has 6 aromatic carbocycles. The molecule has 0 fully saturated rings. The molecule has 0 aliphatic carbocycles. The average molecular weight is 1050 g/mol. The van der Waals surface area contributed by atoms with Gasteiger partial charge in [0.1, 0.15) is 46.1 Å². The summed E-state index contributed by atoms with van der Waals surface area (Å²) >= 11 is 0. The van der Waals surface area contributed by atoms with Gasteiger partial charge in [0.05, 0.1) is 49.7 Å². The normalized spacial score (nSPS) is 10.3. The smallest absolute Gasteiger partial charge is 0.348 e. The number of rotatable bonds is 17. The lowest BCUT2D eigenvalue weighted by molar-refractivity contribution is -0.146. The van der Waals surface area contributed by atoms with Crippen LogP contribution >= 0.6 is 0 Å². The van der Waals surface area contributed by atoms with Crippen LogP contribution in [0.2, 0.25) is 0 Å². The predicted molar refractivity (Wildman–Crippen MR) is 286 cm³/mol. The zero-order valence-corrected chi connectivity index (χ0v) is 43.1. The molecule has 0 radical (unpaired) electrons. The van der Waals surface area contributed by atoms with Crippen LogP contribution in [0.3, 0.4) is 0 Å². The Morgan fingerprint density at radius 1 is 0.449 bits per heavy atom. The summed E-state index contributed by atoms with van der Waals surface area (Å²) in [7, 11) is 0. The summed E-state index contributed by atoms with van der Waals surface area (Å²) in [6, 6.07) is 44.6. The van der Waals surface area contributed by atoms with Gasteiger partial charge in [0, 0.05) is 0 Å². The number of esters is 7. The maximum Gasteiger partial charge on any atom is 0.348 e. The molecule has 17 nitrogen and oxygen atoms in total. The van der Waals surface area contributed by atoms with Gasteiger partial charge in [0.15, 0.2) is 5.69 Å². The topological polar surface area (TPSA) is 236 Å². The molecule has 0 heterocycles. The molecule has 0 saturated heterocycles. The molecule has 0 saturated carbocycles. The second kappa shape index (κ2) is 31.8. The fourth-order valence-corrected chi connectivity index (χ4v) is 6.18. The van der Waals surface area contributed by atoms with Crippen molar-refractivity contribution in [2.75, 3.05) is 26.4 Å². The van der Waals surface area contributed by atoms with Gasteiger partial charge in [-0.25, -0.2) is 38.4 Å². The van der Waals surface area contributed by atoms with Crippen molar-refractivity contribution in [1.29, 1.82) is 10.5 Å². The summed E-state index contributed by atoms with van der Waals surface area (Å²) in [5.74, 6) is -3.43. The van der Waals surface area contributed by atoms with Crippen LogP contribution in [-0.2, 0) is 38.1 Å². The van der Waals surface area contributed by atoms with E-state index < -0.39 is 41.8 Å². The SMILES string of the molecule is CCOC(=O)/C(C#N)=C\c1ccc(OC(=O)c2ccc(C)cc2)cc1.CCOC(=O)/C(C#N)=C\c1cccc(OC(=O)c2ccccc2)c1.[C-]#[N+]c1ccc(C(=O)Oc2ccc(C=C(C(=O)OCC)C(=O)OCC)cc2)cc1. The van der Waals surface area contributed by atoms with Gasteiger partial charge in [0.25, 0.3) is 0 Å². The van der Waals surface area contributed by atoms with Crippen molar-refractivity contribution in [2.24, 2.45) is 0 Å². The van der Waals surface area contributed by atoms with Gasteiger partial charge in [0.2, 0.25) is 0 Å². The summed E-state index contributed by atoms with van der Waals surface area (Å²) in [6.45, 7) is 16.1. The Hall–Kier alpha value is -10.7. The monoisotopic (exact) mass is 1050 g/mol. The molecular weight excluding hydrogens is 999 g/mol. The van der Waals surface area contributed by atoms with Crippen molar-refractivity contribution in [3.05, 3.63) is 219 Å². The van der Waals surface area contributed by atoms with Crippen LogP contribution in [-0.4, -0.2) is 68.2 Å². The predicted octanol–water partition coefficient (Wildman–Crippen LogP) is 11.0. The van der Waals surface area contributed by atoms with E-state index in [1.165, 1.54) is 54.6 Å². The number of benzene rings is 6. The van der Waals surface area contributed by atoms with Crippen molar-refractivity contribution in [3.63, 3.8) is 0 Å². The van der Waals surface area contributed by atoms with Crippen molar-refractivity contribution < 1.29 is 66.7 Å². The van der Waals surface area contributed by atoms with Gasteiger partial charge in [-0.05, 0) is 130 Å². The highest BCUT2D eigenvalue weighted by Gasteiger charge is 2.21. The molecule has 0 aliphatic rings. The molecule has 78 heavy (non-hydrogen) atoms. The lowest BCUT2D eigenvalue weighted by atomic mass is 10.1. The average Bonchev–Trinajstić information content (AvgIpc) is 3.45. The van der Waals surface area contributed by atoms with E-state index in [-0.39, 0.29) is 48.9 Å². The second-order valence-electron chi connectivity index (χ2n) is 15.5. The Balaban J connectivity index is 0.000000254. The molecule has 0 spiro atoms. The Morgan fingerprint density at radius 2 is 0.846 bits per heavy atom. The first-order valence-corrected chi connectivity index (χ1v) is 23.8. The maximum atomic E-state index is 12.2. The highest BCUT2D eigenvalue weighted by Crippen LogP contribution is 2.21. The largest absolute Gasteiger partial charge is 0.462 e. The third-order valence-electron chi connectivity index (χ3n) is 9.93. The molecule has 0 bridgehead atoms. The summed E-state index contributed by atoms with van der Waals surface area (Å²) in [4.78, 5) is 86.7. The minimum absolute atomic E-state index is 0.0914. The molecule has 0 aromatic heterocycles. The first-order chi connectivity index (χ1) is 37.6. The van der Waals surface area contributed by atoms with Gasteiger partial charge in [-0.3, -0.25) is 0 Å². The van der Waals surface area contributed by atoms with E-state index in [2.05, 4.69) is 4.85 Å². The standard InChI is InChI=1S/C22H19NO6.C20H17NO4.C19H15NO4/c1-4-27-21(25)19(22(26)28-5-2)14-15-6-12-18(13-7-15)29-20(24)16-8-10-17(23-3)11-9-16;1-3-24-19(22)17(13-21)12-15-6-10-18(11-7-15)25-20(23)16-8-4-14(2)5-9-16;1-2-23-18(21)16(13-20)11-14-7-6-10-17(12-14)24-19(22)15-8-4-3-5-9-15/h6-14H,4-5H2,1-2H3;4-12H,3H2,1-2H3;3-12H,2H2,1H3/b;17-12-;16-11-. The number of carbonyl (C=O) groups is 7. The molecule has 394 valence electrons. The van der Waals surface area contributed by atoms with Crippen LogP contribution < -0.4 is 14.2 Å². The van der Waals surface area contributed by atoms with E-state index in [4.69, 9.17) is 50.3 Å². The van der Waals surface area contributed by atoms with Crippen LogP contribution in [0, 0.1) is 36.2 Å². The minimum atomic E-state index is -0.774. The molecule has 0 unspecified atom stereocenters. The van der Waals surface area contributed by atoms with Gasteiger partial charge >= 0.3 is 41.8 Å². The van der Waals surface area contributed by atoms with Crippen LogP contribution in [0.25, 0.3) is 23.1 Å². The summed E-state index contributed by atoms with van der Waals surface area (Å²) < 4.78 is 35.3. The van der Waals surface area contributed by atoms with E-state index >= 15 is 0 Å². The highest BCUT2D eigenvalue weighted by molar-refractivity contribution is 6.17. The quantitative estimate of drug-likeness (QED) is 0.0121. The molecule has 17 heteroatoms. The fourth-order valence-electron chi connectivity index (χ4n) is 6.18. The van der Waals surface area contributed by atoms with Gasteiger partial charge in [-0.2, -0.15) is 10.5 Å². The van der Waals surface area contributed by atoms with Crippen molar-refractivity contribution >= 4 is 65.7 Å². The van der Waals surface area contributed by atoms with E-state index in [0.717, 1.165) is 5.56 Å². The Labute approximate surface area is 450 Å². The van der Waals surface area contributed by atoms with Crippen molar-refractivity contribution in [3.8, 4) is 29.4 Å². The fraction of sp³-hybridized carbons (Fsp3) is 0.148. The zero-order chi connectivity index (χ0) is 56.8.